The van der Waals surface area contributed by atoms with Crippen LogP contribution in [-0.2, 0) is 4.79 Å². The maximum atomic E-state index is 12.5. The number of carbonyl (C=O) groups excluding carboxylic acids is 1. The molecule has 0 aliphatic heterocycles. The third-order valence-corrected chi connectivity index (χ3v) is 3.91. The van der Waals surface area contributed by atoms with Gasteiger partial charge >= 0.3 is 0 Å². The Labute approximate surface area is 152 Å². The van der Waals surface area contributed by atoms with E-state index in [0.717, 1.165) is 22.1 Å². The van der Waals surface area contributed by atoms with Crippen LogP contribution in [0.2, 0.25) is 0 Å². The van der Waals surface area contributed by atoms with Gasteiger partial charge in [0, 0.05) is 11.1 Å². The molecule has 0 aromatic heterocycles. The van der Waals surface area contributed by atoms with Gasteiger partial charge in [0.15, 0.2) is 0 Å². The SMILES string of the molecule is CCOc1ccc(C=C(C#N)C(=O)Nc2cccc3ccccc23)cc1. The average molecular weight is 342 g/mol. The molecular formula is C22H18N2O2. The van der Waals surface area contributed by atoms with Gasteiger partial charge in [0.25, 0.3) is 5.91 Å². The lowest BCUT2D eigenvalue weighted by Crippen LogP contribution is -2.13. The molecule has 0 saturated carbocycles. The molecule has 1 amide bonds. The lowest BCUT2D eigenvalue weighted by molar-refractivity contribution is -0.112. The molecule has 0 fully saturated rings. The Morgan fingerprint density at radius 2 is 1.81 bits per heavy atom. The van der Waals surface area contributed by atoms with E-state index in [1.807, 2.05) is 79.7 Å². The van der Waals surface area contributed by atoms with E-state index in [2.05, 4.69) is 5.32 Å². The number of nitrogens with one attached hydrogen (secondary N) is 1. The number of hydrogen-bond acceptors (Lipinski definition) is 3. The van der Waals surface area contributed by atoms with Crippen LogP contribution in [0.5, 0.6) is 5.75 Å². The van der Waals surface area contributed by atoms with Crippen LogP contribution in [0.4, 0.5) is 5.69 Å². The molecule has 0 saturated heterocycles. The number of hydrogen-bond donors (Lipinski definition) is 1. The van der Waals surface area contributed by atoms with Crippen LogP contribution in [-0.4, -0.2) is 12.5 Å². The summed E-state index contributed by atoms with van der Waals surface area (Å²) < 4.78 is 5.39. The smallest absolute Gasteiger partial charge is 0.266 e. The number of carbonyl (C=O) groups is 1. The van der Waals surface area contributed by atoms with Crippen molar-refractivity contribution >= 4 is 28.4 Å². The quantitative estimate of drug-likeness (QED) is 0.536. The largest absolute Gasteiger partial charge is 0.494 e. The predicted molar refractivity (Wildman–Crippen MR) is 104 cm³/mol. The number of nitriles is 1. The minimum absolute atomic E-state index is 0.0436. The fraction of sp³-hybridized carbons (Fsp3) is 0.0909. The molecule has 0 spiro atoms. The number of fused-ring (bicyclic) bond motifs is 1. The monoisotopic (exact) mass is 342 g/mol. The van der Waals surface area contributed by atoms with Crippen molar-refractivity contribution in [2.24, 2.45) is 0 Å². The molecule has 0 atom stereocenters. The Hall–Kier alpha value is -3.58. The highest BCUT2D eigenvalue weighted by Gasteiger charge is 2.11. The molecule has 4 nitrogen and oxygen atoms in total. The van der Waals surface area contributed by atoms with Crippen LogP contribution in [0.1, 0.15) is 12.5 Å². The van der Waals surface area contributed by atoms with Gasteiger partial charge in [0.05, 0.1) is 6.61 Å². The standard InChI is InChI=1S/C22H18N2O2/c1-2-26-19-12-10-16(11-13-19)14-18(15-23)22(25)24-21-9-5-7-17-6-3-4-8-20(17)21/h3-14H,2H2,1H3,(H,24,25). The van der Waals surface area contributed by atoms with Crippen molar-refractivity contribution in [2.45, 2.75) is 6.92 Å². The summed E-state index contributed by atoms with van der Waals surface area (Å²) in [6, 6.07) is 22.7. The van der Waals surface area contributed by atoms with Crippen LogP contribution >= 0.6 is 0 Å². The Balaban J connectivity index is 1.83. The van der Waals surface area contributed by atoms with E-state index >= 15 is 0 Å². The lowest BCUT2D eigenvalue weighted by Gasteiger charge is -2.08. The van der Waals surface area contributed by atoms with Crippen LogP contribution in [0.25, 0.3) is 16.8 Å². The first-order valence-corrected chi connectivity index (χ1v) is 8.35. The minimum Gasteiger partial charge on any atom is -0.494 e. The van der Waals surface area contributed by atoms with Gasteiger partial charge in [-0.2, -0.15) is 5.26 Å². The number of nitrogens with zero attached hydrogens (tertiary/aromatic N) is 1. The number of anilines is 1. The molecule has 3 rings (SSSR count). The Morgan fingerprint density at radius 1 is 1.08 bits per heavy atom. The molecule has 0 heterocycles. The minimum atomic E-state index is -0.433. The second kappa shape index (κ2) is 8.00. The highest BCUT2D eigenvalue weighted by atomic mass is 16.5. The van der Waals surface area contributed by atoms with E-state index in [-0.39, 0.29) is 5.57 Å². The second-order valence-electron chi connectivity index (χ2n) is 5.65. The van der Waals surface area contributed by atoms with Gasteiger partial charge < -0.3 is 10.1 Å². The first-order chi connectivity index (χ1) is 12.7. The molecule has 128 valence electrons. The summed E-state index contributed by atoms with van der Waals surface area (Å²) in [7, 11) is 0. The summed E-state index contributed by atoms with van der Waals surface area (Å²) in [5.74, 6) is 0.320. The van der Waals surface area contributed by atoms with Gasteiger partial charge in [-0.25, -0.2) is 0 Å². The molecule has 3 aromatic rings. The normalized spacial score (nSPS) is 11.0. The molecule has 1 N–H and O–H groups in total. The van der Waals surface area contributed by atoms with Crippen molar-refractivity contribution in [2.75, 3.05) is 11.9 Å². The summed E-state index contributed by atoms with van der Waals surface area (Å²) in [4.78, 5) is 12.5. The first kappa shape index (κ1) is 17.2. The summed E-state index contributed by atoms with van der Waals surface area (Å²) in [5.41, 5.74) is 1.49. The van der Waals surface area contributed by atoms with Gasteiger partial charge in [-0.1, -0.05) is 48.5 Å². The van der Waals surface area contributed by atoms with Gasteiger partial charge in [-0.05, 0) is 42.1 Å². The number of ether oxygens (including phenoxy) is 1. The predicted octanol–water partition coefficient (Wildman–Crippen LogP) is 4.78. The van der Waals surface area contributed by atoms with E-state index in [0.29, 0.717) is 12.3 Å². The van der Waals surface area contributed by atoms with Crippen molar-refractivity contribution in [1.29, 1.82) is 5.26 Å². The fourth-order valence-electron chi connectivity index (χ4n) is 2.67. The van der Waals surface area contributed by atoms with Crippen LogP contribution in [0.15, 0.2) is 72.3 Å². The van der Waals surface area contributed by atoms with Crippen LogP contribution < -0.4 is 10.1 Å². The van der Waals surface area contributed by atoms with Crippen molar-refractivity contribution in [3.63, 3.8) is 0 Å². The molecule has 0 aliphatic carbocycles. The molecule has 26 heavy (non-hydrogen) atoms. The Bertz CT molecular complexity index is 993. The van der Waals surface area contributed by atoms with Gasteiger partial charge in [-0.3, -0.25) is 4.79 Å². The van der Waals surface area contributed by atoms with Crippen LogP contribution in [0, 0.1) is 11.3 Å². The third-order valence-electron chi connectivity index (χ3n) is 3.91. The number of amides is 1. The molecule has 3 aromatic carbocycles. The summed E-state index contributed by atoms with van der Waals surface area (Å²) in [6.45, 7) is 2.51. The molecule has 0 bridgehead atoms. The van der Waals surface area contributed by atoms with Crippen LogP contribution in [0.3, 0.4) is 0 Å². The Kier molecular flexibility index (Phi) is 5.31. The van der Waals surface area contributed by atoms with Crippen molar-refractivity contribution in [3.8, 4) is 11.8 Å². The second-order valence-corrected chi connectivity index (χ2v) is 5.65. The zero-order valence-corrected chi connectivity index (χ0v) is 14.4. The highest BCUT2D eigenvalue weighted by Crippen LogP contribution is 2.23. The fourth-order valence-corrected chi connectivity index (χ4v) is 2.67. The zero-order valence-electron chi connectivity index (χ0n) is 14.4. The maximum absolute atomic E-state index is 12.5. The number of rotatable bonds is 5. The lowest BCUT2D eigenvalue weighted by atomic mass is 10.1. The summed E-state index contributed by atoms with van der Waals surface area (Å²) in [6.07, 6.45) is 1.57. The molecule has 0 unspecified atom stereocenters. The van der Waals surface area contributed by atoms with Crippen molar-refractivity contribution in [3.05, 3.63) is 77.9 Å². The van der Waals surface area contributed by atoms with E-state index in [1.54, 1.807) is 6.08 Å². The average Bonchev–Trinajstić information content (AvgIpc) is 2.68. The van der Waals surface area contributed by atoms with Crippen molar-refractivity contribution < 1.29 is 9.53 Å². The van der Waals surface area contributed by atoms with Gasteiger partial charge in [-0.15, -0.1) is 0 Å². The molecule has 4 heteroatoms. The molecule has 0 aliphatic rings. The third kappa shape index (κ3) is 3.90. The molecular weight excluding hydrogens is 324 g/mol. The van der Waals surface area contributed by atoms with Crippen molar-refractivity contribution in [1.82, 2.24) is 0 Å². The summed E-state index contributed by atoms with van der Waals surface area (Å²) >= 11 is 0. The van der Waals surface area contributed by atoms with E-state index < -0.39 is 5.91 Å². The van der Waals surface area contributed by atoms with E-state index in [1.165, 1.54) is 0 Å². The molecule has 0 radical (unpaired) electrons. The Morgan fingerprint density at radius 3 is 2.54 bits per heavy atom. The van der Waals surface area contributed by atoms with E-state index in [4.69, 9.17) is 4.74 Å². The van der Waals surface area contributed by atoms with Gasteiger partial charge in [0.2, 0.25) is 0 Å². The highest BCUT2D eigenvalue weighted by molar-refractivity contribution is 6.12. The topological polar surface area (TPSA) is 62.1 Å². The van der Waals surface area contributed by atoms with Gasteiger partial charge in [0.1, 0.15) is 17.4 Å². The number of benzene rings is 3. The first-order valence-electron chi connectivity index (χ1n) is 8.35. The summed E-state index contributed by atoms with van der Waals surface area (Å²) in [5, 5.41) is 14.2. The maximum Gasteiger partial charge on any atom is 0.266 e. The zero-order chi connectivity index (χ0) is 18.4. The van der Waals surface area contributed by atoms with E-state index in [9.17, 15) is 10.1 Å².